The highest BCUT2D eigenvalue weighted by molar-refractivity contribution is 7.54. The van der Waals surface area contributed by atoms with Gasteiger partial charge in [0.2, 0.25) is 6.54 Å². The zero-order valence-electron chi connectivity index (χ0n) is 22.5. The Morgan fingerprint density at radius 1 is 0.886 bits per heavy atom. The second kappa shape index (κ2) is 12.3. The van der Waals surface area contributed by atoms with Crippen LogP contribution in [0.2, 0.25) is 0 Å². The molecule has 35 heavy (non-hydrogen) atoms. The van der Waals surface area contributed by atoms with Gasteiger partial charge in [-0.05, 0) is 66.8 Å². The van der Waals surface area contributed by atoms with Gasteiger partial charge in [0.1, 0.15) is 0 Å². The predicted octanol–water partition coefficient (Wildman–Crippen LogP) is 8.15. The second-order valence-corrected chi connectivity index (χ2v) is 14.0. The Labute approximate surface area is 212 Å². The fourth-order valence-electron chi connectivity index (χ4n) is 6.23. The number of benzene rings is 1. The van der Waals surface area contributed by atoms with Crippen LogP contribution in [-0.4, -0.2) is 23.7 Å². The van der Waals surface area contributed by atoms with E-state index in [1.807, 2.05) is 30.3 Å². The number of hydrogen-bond acceptors (Lipinski definition) is 5. The van der Waals surface area contributed by atoms with Crippen molar-refractivity contribution in [3.63, 3.8) is 0 Å². The molecular weight excluding hydrogens is 461 g/mol. The van der Waals surface area contributed by atoms with Gasteiger partial charge in [0, 0.05) is 4.92 Å². The third-order valence-electron chi connectivity index (χ3n) is 8.38. The number of rotatable bonds is 10. The summed E-state index contributed by atoms with van der Waals surface area (Å²) < 4.78 is 28.3. The summed E-state index contributed by atoms with van der Waals surface area (Å²) in [4.78, 5) is 11.5. The average molecular weight is 508 g/mol. The zero-order valence-corrected chi connectivity index (χ0v) is 23.4. The summed E-state index contributed by atoms with van der Waals surface area (Å²) in [6.07, 6.45) is 5.46. The van der Waals surface area contributed by atoms with Crippen molar-refractivity contribution in [3.8, 4) is 0 Å². The van der Waals surface area contributed by atoms with Crippen LogP contribution in [0.15, 0.2) is 30.3 Å². The van der Waals surface area contributed by atoms with Crippen LogP contribution in [0.1, 0.15) is 91.3 Å². The molecule has 0 heterocycles. The zero-order chi connectivity index (χ0) is 25.8. The standard InChI is InChI=1S/C28H46NO5P/c1-19(2)24-14-12-21(5)16-26(24)33-35(32,28(18-29(30)31)23-10-8-7-9-11-23)34-27-17-22(6)13-15-25(27)20(3)4/h7-11,19-22,24-28H,12-18H2,1-6H3/t21-,22-,24+,25+,26+,27+,28+/m0/s1. The third kappa shape index (κ3) is 7.40. The number of nitrogens with zero attached hydrogens (tertiary/aromatic N) is 1. The Kier molecular flexibility index (Phi) is 9.99. The first-order valence-electron chi connectivity index (χ1n) is 13.6. The van der Waals surface area contributed by atoms with Gasteiger partial charge in [-0.1, -0.05) is 84.7 Å². The van der Waals surface area contributed by atoms with Gasteiger partial charge in [-0.25, -0.2) is 0 Å². The topological polar surface area (TPSA) is 78.7 Å². The Morgan fingerprint density at radius 3 is 1.74 bits per heavy atom. The first-order valence-corrected chi connectivity index (χ1v) is 15.2. The largest absolute Gasteiger partial charge is 0.345 e. The maximum Gasteiger partial charge on any atom is 0.345 e. The molecule has 7 heteroatoms. The predicted molar refractivity (Wildman–Crippen MR) is 141 cm³/mol. The van der Waals surface area contributed by atoms with Crippen molar-refractivity contribution in [2.75, 3.05) is 6.54 Å². The molecule has 3 rings (SSSR count). The second-order valence-electron chi connectivity index (χ2n) is 11.9. The highest BCUT2D eigenvalue weighted by Crippen LogP contribution is 2.65. The normalized spacial score (nSPS) is 31.0. The van der Waals surface area contributed by atoms with Gasteiger partial charge in [0.25, 0.3) is 0 Å². The molecule has 0 amide bonds. The minimum Gasteiger partial charge on any atom is -0.304 e. The van der Waals surface area contributed by atoms with Crippen LogP contribution in [0.4, 0.5) is 0 Å². The van der Waals surface area contributed by atoms with Crippen LogP contribution < -0.4 is 0 Å². The summed E-state index contributed by atoms with van der Waals surface area (Å²) in [7, 11) is -3.89. The molecule has 0 N–H and O–H groups in total. The lowest BCUT2D eigenvalue weighted by Gasteiger charge is -2.43. The Hall–Kier alpha value is -1.23. The summed E-state index contributed by atoms with van der Waals surface area (Å²) in [5.74, 6) is 2.22. The maximum atomic E-state index is 15.0. The van der Waals surface area contributed by atoms with Gasteiger partial charge in [-0.15, -0.1) is 0 Å². The van der Waals surface area contributed by atoms with Gasteiger partial charge in [-0.3, -0.25) is 14.7 Å². The van der Waals surface area contributed by atoms with Crippen molar-refractivity contribution in [3.05, 3.63) is 46.0 Å². The monoisotopic (exact) mass is 507 g/mol. The molecule has 7 atom stereocenters. The summed E-state index contributed by atoms with van der Waals surface area (Å²) in [6.45, 7) is 12.7. The highest BCUT2D eigenvalue weighted by Gasteiger charge is 2.48. The average Bonchev–Trinajstić information content (AvgIpc) is 2.77. The summed E-state index contributed by atoms with van der Waals surface area (Å²) in [5.41, 5.74) is -0.267. The van der Waals surface area contributed by atoms with Gasteiger partial charge in [0.05, 0.1) is 12.2 Å². The van der Waals surface area contributed by atoms with E-state index >= 15 is 0 Å². The quantitative estimate of drug-likeness (QED) is 0.181. The van der Waals surface area contributed by atoms with Gasteiger partial charge >= 0.3 is 7.60 Å². The van der Waals surface area contributed by atoms with Crippen LogP contribution in [0.5, 0.6) is 0 Å². The molecule has 0 radical (unpaired) electrons. The van der Waals surface area contributed by atoms with Crippen LogP contribution in [-0.2, 0) is 13.6 Å². The van der Waals surface area contributed by atoms with Crippen molar-refractivity contribution in [2.45, 2.75) is 97.9 Å². The molecule has 0 aliphatic heterocycles. The third-order valence-corrected chi connectivity index (χ3v) is 10.7. The minimum atomic E-state index is -3.89. The van der Waals surface area contributed by atoms with E-state index in [0.717, 1.165) is 38.5 Å². The Balaban J connectivity index is 2.03. The van der Waals surface area contributed by atoms with Crippen LogP contribution in [0.25, 0.3) is 0 Å². The Morgan fingerprint density at radius 2 is 1.34 bits per heavy atom. The van der Waals surface area contributed by atoms with Crippen LogP contribution >= 0.6 is 7.60 Å². The van der Waals surface area contributed by atoms with Crippen molar-refractivity contribution in [1.29, 1.82) is 0 Å². The van der Waals surface area contributed by atoms with E-state index in [0.29, 0.717) is 29.2 Å². The number of hydrogen-bond donors (Lipinski definition) is 0. The minimum absolute atomic E-state index is 0.221. The van der Waals surface area contributed by atoms with Gasteiger partial charge < -0.3 is 9.05 Å². The number of nitro groups is 1. The molecule has 2 saturated carbocycles. The van der Waals surface area contributed by atoms with Crippen LogP contribution in [0.3, 0.4) is 0 Å². The molecule has 0 unspecified atom stereocenters. The smallest absolute Gasteiger partial charge is 0.304 e. The van der Waals surface area contributed by atoms with E-state index in [1.165, 1.54) is 0 Å². The molecule has 0 spiro atoms. The van der Waals surface area contributed by atoms with Gasteiger partial charge in [0.15, 0.2) is 5.66 Å². The summed E-state index contributed by atoms with van der Waals surface area (Å²) in [6, 6.07) is 9.19. The fourth-order valence-corrected chi connectivity index (χ4v) is 8.68. The van der Waals surface area contributed by atoms with Crippen molar-refractivity contribution >= 4 is 7.60 Å². The van der Waals surface area contributed by atoms with E-state index in [4.69, 9.17) is 9.05 Å². The SMILES string of the molecule is CC(C)[C@H]1CC[C@H](C)C[C@H]1OP(=O)(O[C@@H]1C[C@@H](C)CC[C@@H]1C(C)C)[C@H](C[N+](=O)[O-])c1ccccc1. The van der Waals surface area contributed by atoms with Crippen molar-refractivity contribution in [2.24, 2.45) is 35.5 Å². The lowest BCUT2D eigenvalue weighted by molar-refractivity contribution is -0.480. The lowest BCUT2D eigenvalue weighted by Crippen LogP contribution is -2.37. The van der Waals surface area contributed by atoms with Gasteiger partial charge in [-0.2, -0.15) is 0 Å². The maximum absolute atomic E-state index is 15.0. The van der Waals surface area contributed by atoms with Crippen LogP contribution in [0, 0.1) is 45.6 Å². The Bertz CT molecular complexity index is 822. The van der Waals surface area contributed by atoms with E-state index in [-0.39, 0.29) is 29.0 Å². The molecule has 198 valence electrons. The summed E-state index contributed by atoms with van der Waals surface area (Å²) in [5, 5.41) is 11.8. The van der Waals surface area contributed by atoms with Crippen molar-refractivity contribution in [1.82, 2.24) is 0 Å². The lowest BCUT2D eigenvalue weighted by atomic mass is 9.75. The molecule has 0 bridgehead atoms. The molecular formula is C28H46NO5P. The van der Waals surface area contributed by atoms with Crippen molar-refractivity contribution < 1.29 is 18.5 Å². The van der Waals surface area contributed by atoms with E-state index in [9.17, 15) is 14.7 Å². The molecule has 6 nitrogen and oxygen atoms in total. The molecule has 0 aromatic heterocycles. The summed E-state index contributed by atoms with van der Waals surface area (Å²) >= 11 is 0. The van der Waals surface area contributed by atoms with E-state index in [2.05, 4.69) is 41.5 Å². The van der Waals surface area contributed by atoms with E-state index < -0.39 is 19.8 Å². The molecule has 2 aliphatic rings. The molecule has 2 fully saturated rings. The fraction of sp³-hybridized carbons (Fsp3) is 0.786. The first kappa shape index (κ1) is 28.3. The molecule has 1 aromatic rings. The highest BCUT2D eigenvalue weighted by atomic mass is 31.2. The molecule has 0 saturated heterocycles. The molecule has 2 aliphatic carbocycles. The molecule has 1 aromatic carbocycles. The van der Waals surface area contributed by atoms with E-state index in [1.54, 1.807) is 0 Å². The first-order chi connectivity index (χ1) is 16.5.